The van der Waals surface area contributed by atoms with E-state index in [1.807, 2.05) is 30.9 Å². The van der Waals surface area contributed by atoms with Crippen LogP contribution in [0.15, 0.2) is 0 Å². The Bertz CT molecular complexity index is 2940. The number of carboxylic acids is 1. The summed E-state index contributed by atoms with van der Waals surface area (Å²) in [6.07, 6.45) is 18.3. The number of amides is 2. The third kappa shape index (κ3) is 30.1. The Balaban J connectivity index is -0.00000136. The summed E-state index contributed by atoms with van der Waals surface area (Å²) in [4.78, 5) is 75.3. The monoisotopic (exact) mass is 1640 g/mol. The first-order valence-electron chi connectivity index (χ1n) is 38.7. The minimum Gasteiger partial charge on any atom is -0.481 e. The zero-order valence-electron chi connectivity index (χ0n) is 69.8. The summed E-state index contributed by atoms with van der Waals surface area (Å²) < 4.78 is 14.3. The Morgan fingerprint density at radius 3 is 0.819 bits per heavy atom. The first-order chi connectivity index (χ1) is 46.9. The summed E-state index contributed by atoms with van der Waals surface area (Å²) in [5.74, 6) is 6.89. The van der Waals surface area contributed by atoms with Crippen molar-refractivity contribution in [1.82, 2.24) is 15.1 Å². The van der Waals surface area contributed by atoms with Crippen molar-refractivity contribution in [1.29, 1.82) is 0 Å². The third-order valence-electron chi connectivity index (χ3n) is 26.6. The second-order valence-corrected chi connectivity index (χ2v) is 31.8. The minimum atomic E-state index is -0.721. The number of esters is 3. The molecule has 14 heteroatoms. The van der Waals surface area contributed by atoms with Crippen LogP contribution in [0.3, 0.4) is 0 Å². The summed E-state index contributed by atoms with van der Waals surface area (Å²) in [5, 5.41) is 12.1. The smallest absolute Gasteiger partial charge is 0.305 e. The molecule has 0 aliphatic heterocycles. The van der Waals surface area contributed by atoms with E-state index in [4.69, 9.17) is 14.6 Å². The van der Waals surface area contributed by atoms with Crippen LogP contribution in [0.25, 0.3) is 0 Å². The molecule has 13 nitrogen and oxygen atoms in total. The number of rotatable bonds is 30. The van der Waals surface area contributed by atoms with Gasteiger partial charge < -0.3 is 41.9 Å². The number of methoxy groups -OCH3 is 3. The molecule has 2 amide bonds. The number of carbonyl (C=O) groups is 6. The minimum absolute atomic E-state index is 0. The van der Waals surface area contributed by atoms with Gasteiger partial charge in [-0.15, -0.1) is 0 Å². The summed E-state index contributed by atoms with van der Waals surface area (Å²) in [7, 11) is 10.2. The molecule has 2 N–H and O–H groups in total. The quantitative estimate of drug-likeness (QED) is 0.0370. The maximum atomic E-state index is 13.2. The fourth-order valence-corrected chi connectivity index (χ4v) is 17.4. The predicted octanol–water partition coefficient (Wildman–Crippen LogP) is 22.0. The van der Waals surface area contributed by atoms with Crippen LogP contribution < -0.4 is 5.32 Å². The average Bonchev–Trinajstić information content (AvgIpc) is 1.75. The van der Waals surface area contributed by atoms with Crippen molar-refractivity contribution in [2.45, 2.75) is 322 Å². The molecule has 0 radical (unpaired) electrons. The van der Waals surface area contributed by atoms with Crippen LogP contribution >= 0.6 is 0 Å². The van der Waals surface area contributed by atoms with E-state index < -0.39 is 5.97 Å². The number of ether oxygens (including phenoxy) is 3. The largest absolute Gasteiger partial charge is 0.481 e. The zero-order valence-corrected chi connectivity index (χ0v) is 72.8. The molecule has 604 valence electrons. The van der Waals surface area contributed by atoms with Crippen LogP contribution in [0, 0.1) is 182 Å². The van der Waals surface area contributed by atoms with E-state index in [9.17, 15) is 28.8 Å². The molecule has 3 aromatic carbocycles. The van der Waals surface area contributed by atoms with E-state index in [0.717, 1.165) is 82.1 Å². The Hall–Kier alpha value is -4.87. The van der Waals surface area contributed by atoms with Gasteiger partial charge in [-0.05, 0) is 359 Å². The zero-order chi connectivity index (χ0) is 75.7. The Morgan fingerprint density at radius 2 is 0.610 bits per heavy atom. The van der Waals surface area contributed by atoms with E-state index in [0.29, 0.717) is 98.5 Å². The molecule has 3 saturated carbocycles. The molecule has 12 atom stereocenters. The second-order valence-electron chi connectivity index (χ2n) is 31.8. The van der Waals surface area contributed by atoms with Crippen LogP contribution in [0.1, 0.15) is 299 Å². The third-order valence-corrected chi connectivity index (χ3v) is 26.6. The molecule has 0 aromatic heterocycles. The van der Waals surface area contributed by atoms with Crippen molar-refractivity contribution in [2.24, 2.45) is 71.0 Å². The van der Waals surface area contributed by atoms with E-state index in [-0.39, 0.29) is 86.9 Å². The molecular weight excluding hydrogens is 1480 g/mol. The van der Waals surface area contributed by atoms with Gasteiger partial charge in [0.15, 0.2) is 0 Å². The van der Waals surface area contributed by atoms with E-state index in [2.05, 4.69) is 155 Å². The average molecular weight is 1640 g/mol. The van der Waals surface area contributed by atoms with Gasteiger partial charge in [-0.2, -0.15) is 0 Å². The first-order valence-corrected chi connectivity index (χ1v) is 38.7. The number of aliphatic carboxylic acids is 1. The number of hydrogen-bond donors (Lipinski definition) is 2. The number of carbonyl (C=O) groups excluding carboxylic acids is 5. The number of benzene rings is 3. The molecule has 0 heterocycles. The molecule has 3 fully saturated rings. The number of carboxylic acid groups (broad SMARTS) is 1. The topological polar surface area (TPSA) is 169 Å². The fraction of sp³-hybridized carbons (Fsp3) is 0.725. The summed E-state index contributed by atoms with van der Waals surface area (Å²) in [6, 6.07) is 0. The molecule has 3 aromatic rings. The normalized spacial score (nSPS) is 19.9. The summed E-state index contributed by atoms with van der Waals surface area (Å²) in [5.41, 5.74) is 24.6. The van der Waals surface area contributed by atoms with Crippen molar-refractivity contribution in [3.8, 4) is 0 Å². The Kier molecular flexibility index (Phi) is 50.4. The standard InChI is InChI=1S/2C29H47NO3.C16H28O4.C13H21N.3CH4.CH3.W/c2*1-18-13-15-26(19(18)2)25(11-10-12-29(32)33-9)14-16-28(31)30(8)17-27-23(6)21(4)20(3)22(5)24(27)7;1-11-7-9-14(12(11)2)13(8-10-15(17)18)5-4-6-16(19)20-3;1-8-9(2)11(4)13(7-14-6)12(5)10(8)3;;;;;/h2*18-19,25-26H,10-17H2,1-9H3;11-14H,4-10H2,1-3H3,(H,17,18);14H,7H2,1-6H3;3*1H4;1H3;/q;;;;;;;-1;/t2*18-,19-,25?,26+;11-,12?,13?,14+;;;;;;/m111....../s1. The van der Waals surface area contributed by atoms with Crippen molar-refractivity contribution >= 4 is 35.7 Å². The van der Waals surface area contributed by atoms with Gasteiger partial charge in [-0.1, -0.05) is 83.1 Å². The van der Waals surface area contributed by atoms with Crippen molar-refractivity contribution in [3.63, 3.8) is 0 Å². The molecule has 0 saturated heterocycles. The van der Waals surface area contributed by atoms with Gasteiger partial charge in [0.25, 0.3) is 0 Å². The molecule has 105 heavy (non-hydrogen) atoms. The predicted molar refractivity (Wildman–Crippen MR) is 439 cm³/mol. The van der Waals surface area contributed by atoms with E-state index in [1.165, 1.54) is 160 Å². The van der Waals surface area contributed by atoms with Crippen LogP contribution in [-0.2, 0) is 83.7 Å². The molecule has 4 unspecified atom stereocenters. The second kappa shape index (κ2) is 50.8. The van der Waals surface area contributed by atoms with Crippen molar-refractivity contribution in [2.75, 3.05) is 42.5 Å². The van der Waals surface area contributed by atoms with Crippen molar-refractivity contribution in [3.05, 3.63) is 108 Å². The van der Waals surface area contributed by atoms with Crippen LogP contribution in [0.4, 0.5) is 0 Å². The number of hydrogen-bond acceptors (Lipinski definition) is 10. The Morgan fingerprint density at radius 1 is 0.381 bits per heavy atom. The SMILES string of the molecule is C.C.C.CNCc1c(C)c(C)c(C)c(C)c1C.COC(=O)CCCC(CCC(=O)N(C)Cc1c(C)c(C)c(C)c(C)c1C)[C@H]1CC[C@@H](C)[C@H]1C.COC(=O)CCCC(CCC(=O)N(C)Cc1c(C)c(C)c(C)c(C)c1C)[C@H]1CC[C@@H](C)[C@H]1C.COC(=O)CCCC(CCC(=O)O)[C@H]1CC[C@@H](C)C1C.[CH3-].[W]. The Labute approximate surface area is 659 Å². The molecule has 0 bridgehead atoms. The number of nitrogens with zero attached hydrogens (tertiary/aromatic N) is 2. The molecule has 3 aliphatic carbocycles. The van der Waals surface area contributed by atoms with Gasteiger partial charge >= 0.3 is 23.9 Å². The summed E-state index contributed by atoms with van der Waals surface area (Å²) >= 11 is 0. The van der Waals surface area contributed by atoms with Gasteiger partial charge in [0.2, 0.25) is 11.8 Å². The van der Waals surface area contributed by atoms with Gasteiger partial charge in [0, 0.05) is 93.3 Å². The van der Waals surface area contributed by atoms with Gasteiger partial charge in [-0.3, -0.25) is 28.8 Å². The molecule has 0 spiro atoms. The number of nitrogens with one attached hydrogen (secondary N) is 1. The molecule has 3 aliphatic rings. The van der Waals surface area contributed by atoms with Crippen LogP contribution in [0.5, 0.6) is 0 Å². The van der Waals surface area contributed by atoms with E-state index in [1.54, 1.807) is 0 Å². The fourth-order valence-electron chi connectivity index (χ4n) is 17.4. The molecular formula is C91H158N3O10W-. The van der Waals surface area contributed by atoms with Crippen LogP contribution in [0.2, 0.25) is 0 Å². The van der Waals surface area contributed by atoms with Gasteiger partial charge in [0.05, 0.1) is 21.3 Å². The van der Waals surface area contributed by atoms with Crippen molar-refractivity contribution < 1.29 is 69.1 Å². The van der Waals surface area contributed by atoms with Crippen LogP contribution in [-0.4, -0.2) is 93.1 Å². The van der Waals surface area contributed by atoms with Gasteiger partial charge in [-0.25, -0.2) is 0 Å². The first kappa shape index (κ1) is 104. The maximum absolute atomic E-state index is 13.2. The maximum Gasteiger partial charge on any atom is 0.305 e. The summed E-state index contributed by atoms with van der Waals surface area (Å²) in [6.45, 7) is 49.3. The van der Waals surface area contributed by atoms with E-state index >= 15 is 0 Å². The molecule has 6 rings (SSSR count). The van der Waals surface area contributed by atoms with Gasteiger partial charge in [0.1, 0.15) is 0 Å².